The molecule has 0 saturated carbocycles. The van der Waals surface area contributed by atoms with E-state index in [0.717, 1.165) is 6.07 Å². The summed E-state index contributed by atoms with van der Waals surface area (Å²) in [6.45, 7) is 0. The Bertz CT molecular complexity index is 400. The van der Waals surface area contributed by atoms with Gasteiger partial charge in [0, 0.05) is 10.6 Å². The summed E-state index contributed by atoms with van der Waals surface area (Å²) in [5.74, 6) is 4.92. The maximum Gasteiger partial charge on any atom is 0.446 e. The Morgan fingerprint density at radius 1 is 1.06 bits per heavy atom. The third kappa shape index (κ3) is 4.00. The van der Waals surface area contributed by atoms with Crippen LogP contribution in [0.1, 0.15) is 5.56 Å². The van der Waals surface area contributed by atoms with Crippen LogP contribution >= 0.6 is 11.8 Å². The summed E-state index contributed by atoms with van der Waals surface area (Å²) < 4.78 is 73.5. The smallest absolute Gasteiger partial charge is 0.324 e. The number of nitrogen functional groups attached to an aromatic ring is 1. The zero-order chi connectivity index (χ0) is 13.3. The molecule has 3 N–H and O–H groups in total. The lowest BCUT2D eigenvalue weighted by molar-refractivity contribution is -0.139. The van der Waals surface area contributed by atoms with Gasteiger partial charge >= 0.3 is 11.7 Å². The fraction of sp³-hybridized carbons (Fsp3) is 0.250. The third-order valence-electron chi connectivity index (χ3n) is 1.68. The van der Waals surface area contributed by atoms with Crippen molar-refractivity contribution in [3.63, 3.8) is 0 Å². The third-order valence-corrected chi connectivity index (χ3v) is 2.47. The van der Waals surface area contributed by atoms with Crippen molar-refractivity contribution in [3.8, 4) is 0 Å². The number of rotatable bonds is 2. The van der Waals surface area contributed by atoms with Crippen LogP contribution in [-0.4, -0.2) is 5.51 Å². The Morgan fingerprint density at radius 3 is 2.06 bits per heavy atom. The molecule has 0 radical (unpaired) electrons. The largest absolute Gasteiger partial charge is 0.446 e. The first-order valence-electron chi connectivity index (χ1n) is 4.07. The van der Waals surface area contributed by atoms with Gasteiger partial charge in [-0.1, -0.05) is 0 Å². The van der Waals surface area contributed by atoms with Crippen LogP contribution in [0.15, 0.2) is 23.1 Å². The summed E-state index contributed by atoms with van der Waals surface area (Å²) in [5.41, 5.74) is -4.20. The molecule has 0 heterocycles. The molecule has 0 bridgehead atoms. The predicted molar refractivity (Wildman–Crippen MR) is 51.2 cm³/mol. The highest BCUT2D eigenvalue weighted by Crippen LogP contribution is 2.44. The molecule has 0 aromatic heterocycles. The summed E-state index contributed by atoms with van der Waals surface area (Å²) in [4.78, 5) is -0.944. The summed E-state index contributed by atoms with van der Waals surface area (Å²) >= 11 is -0.832. The van der Waals surface area contributed by atoms with Gasteiger partial charge in [0.25, 0.3) is 0 Å². The lowest BCUT2D eigenvalue weighted by atomic mass is 10.2. The average molecular weight is 276 g/mol. The molecule has 0 saturated heterocycles. The molecule has 0 aliphatic heterocycles. The second-order valence-corrected chi connectivity index (χ2v) is 4.01. The minimum atomic E-state index is -4.85. The number of thioether (sulfide) groups is 1. The summed E-state index contributed by atoms with van der Waals surface area (Å²) in [7, 11) is 0. The van der Waals surface area contributed by atoms with Crippen molar-refractivity contribution in [3.05, 3.63) is 23.8 Å². The molecule has 0 spiro atoms. The van der Waals surface area contributed by atoms with Crippen LogP contribution in [0.2, 0.25) is 0 Å². The Morgan fingerprint density at radius 2 is 1.65 bits per heavy atom. The molecule has 1 aromatic rings. The molecule has 17 heavy (non-hydrogen) atoms. The van der Waals surface area contributed by atoms with Gasteiger partial charge in [0.2, 0.25) is 0 Å². The van der Waals surface area contributed by atoms with E-state index in [1.54, 1.807) is 0 Å². The average Bonchev–Trinajstić information content (AvgIpc) is 2.13. The number of nitrogens with two attached hydrogens (primary N) is 1. The predicted octanol–water partition coefficient (Wildman–Crippen LogP) is 3.60. The number of hydrogen-bond acceptors (Lipinski definition) is 3. The van der Waals surface area contributed by atoms with E-state index in [-0.39, 0.29) is 5.69 Å². The van der Waals surface area contributed by atoms with Gasteiger partial charge < -0.3 is 5.43 Å². The normalized spacial score (nSPS) is 12.6. The standard InChI is InChI=1S/C8H6F6N2S/c9-7(10,11)5-2-1-4(16-15)3-6(5)17-8(12,13)14/h1-3,16H,15H2. The molecular weight excluding hydrogens is 270 g/mol. The van der Waals surface area contributed by atoms with Crippen molar-refractivity contribution in [1.82, 2.24) is 0 Å². The topological polar surface area (TPSA) is 38.0 Å². The van der Waals surface area contributed by atoms with Crippen molar-refractivity contribution >= 4 is 17.4 Å². The van der Waals surface area contributed by atoms with Crippen molar-refractivity contribution in [2.45, 2.75) is 16.6 Å². The number of hydrogen-bond donors (Lipinski definition) is 2. The molecule has 0 atom stereocenters. The van der Waals surface area contributed by atoms with Gasteiger partial charge in [-0.05, 0) is 30.0 Å². The van der Waals surface area contributed by atoms with E-state index in [0.29, 0.717) is 12.1 Å². The van der Waals surface area contributed by atoms with E-state index >= 15 is 0 Å². The van der Waals surface area contributed by atoms with Gasteiger partial charge in [-0.15, -0.1) is 0 Å². The number of hydrazine groups is 1. The lowest BCUT2D eigenvalue weighted by Gasteiger charge is -2.14. The van der Waals surface area contributed by atoms with Gasteiger partial charge in [-0.3, -0.25) is 5.84 Å². The zero-order valence-corrected chi connectivity index (χ0v) is 8.80. The Kier molecular flexibility index (Phi) is 3.82. The van der Waals surface area contributed by atoms with Gasteiger partial charge in [0.1, 0.15) is 0 Å². The number of nitrogens with one attached hydrogen (secondary N) is 1. The molecule has 2 nitrogen and oxygen atoms in total. The Balaban J connectivity index is 3.22. The van der Waals surface area contributed by atoms with Crippen LogP contribution in [0.25, 0.3) is 0 Å². The fourth-order valence-corrected chi connectivity index (χ4v) is 1.78. The quantitative estimate of drug-likeness (QED) is 0.375. The molecular formula is C8H6F6N2S. The van der Waals surface area contributed by atoms with Crippen molar-refractivity contribution in [1.29, 1.82) is 0 Å². The number of anilines is 1. The van der Waals surface area contributed by atoms with E-state index < -0.39 is 33.9 Å². The van der Waals surface area contributed by atoms with E-state index in [4.69, 9.17) is 5.84 Å². The maximum absolute atomic E-state index is 12.4. The van der Waals surface area contributed by atoms with Crippen LogP contribution in [0.5, 0.6) is 0 Å². The maximum atomic E-state index is 12.4. The Hall–Kier alpha value is -1.09. The van der Waals surface area contributed by atoms with E-state index in [2.05, 4.69) is 0 Å². The molecule has 0 fully saturated rings. The second kappa shape index (κ2) is 4.65. The van der Waals surface area contributed by atoms with Crippen molar-refractivity contribution in [2.24, 2.45) is 5.84 Å². The molecule has 1 rings (SSSR count). The molecule has 0 aliphatic rings. The van der Waals surface area contributed by atoms with E-state index in [1.807, 2.05) is 5.43 Å². The highest BCUT2D eigenvalue weighted by molar-refractivity contribution is 8.00. The highest BCUT2D eigenvalue weighted by atomic mass is 32.2. The van der Waals surface area contributed by atoms with Crippen LogP contribution in [0.3, 0.4) is 0 Å². The van der Waals surface area contributed by atoms with Gasteiger partial charge in [0.05, 0.1) is 5.56 Å². The van der Waals surface area contributed by atoms with Gasteiger partial charge in [-0.25, -0.2) is 0 Å². The molecule has 0 unspecified atom stereocenters. The molecule has 9 heteroatoms. The number of halogens is 6. The van der Waals surface area contributed by atoms with Crippen molar-refractivity contribution < 1.29 is 26.3 Å². The monoisotopic (exact) mass is 276 g/mol. The molecule has 0 amide bonds. The van der Waals surface area contributed by atoms with Crippen LogP contribution < -0.4 is 11.3 Å². The fourth-order valence-electron chi connectivity index (χ4n) is 1.06. The first-order valence-corrected chi connectivity index (χ1v) is 4.89. The zero-order valence-electron chi connectivity index (χ0n) is 7.99. The first-order chi connectivity index (χ1) is 7.63. The van der Waals surface area contributed by atoms with Crippen molar-refractivity contribution in [2.75, 3.05) is 5.43 Å². The lowest BCUT2D eigenvalue weighted by Crippen LogP contribution is -2.12. The van der Waals surface area contributed by atoms with Crippen LogP contribution in [-0.2, 0) is 6.18 Å². The van der Waals surface area contributed by atoms with Gasteiger partial charge in [-0.2, -0.15) is 26.3 Å². The van der Waals surface area contributed by atoms with Crippen LogP contribution in [0, 0.1) is 0 Å². The van der Waals surface area contributed by atoms with E-state index in [9.17, 15) is 26.3 Å². The number of benzene rings is 1. The molecule has 1 aromatic carbocycles. The molecule has 96 valence electrons. The minimum Gasteiger partial charge on any atom is -0.324 e. The highest BCUT2D eigenvalue weighted by Gasteiger charge is 2.38. The molecule has 0 aliphatic carbocycles. The summed E-state index contributed by atoms with van der Waals surface area (Å²) in [6, 6.07) is 2.19. The minimum absolute atomic E-state index is 0.0373. The second-order valence-electron chi connectivity index (χ2n) is 2.90. The van der Waals surface area contributed by atoms with Gasteiger partial charge in [0.15, 0.2) is 0 Å². The SMILES string of the molecule is NNc1ccc(C(F)(F)F)c(SC(F)(F)F)c1. The Labute approximate surface area is 96.1 Å². The van der Waals surface area contributed by atoms with Crippen LogP contribution in [0.4, 0.5) is 32.0 Å². The summed E-state index contributed by atoms with van der Waals surface area (Å²) in [6.07, 6.45) is -4.85. The van der Waals surface area contributed by atoms with E-state index in [1.165, 1.54) is 0 Å². The summed E-state index contributed by atoms with van der Waals surface area (Å²) in [5, 5.41) is 0. The first kappa shape index (κ1) is 14.0. The number of alkyl halides is 6.